The molecule has 0 aliphatic carbocycles. The summed E-state index contributed by atoms with van der Waals surface area (Å²) in [6, 6.07) is 9.85. The molecule has 0 saturated carbocycles. The van der Waals surface area contributed by atoms with Gasteiger partial charge in [-0.3, -0.25) is 0 Å². The maximum absolute atomic E-state index is 9.73. The molecule has 2 aromatic carbocycles. The number of benzene rings is 2. The largest absolute Gasteiger partial charge is 0.507 e. The first kappa shape index (κ1) is 11.2. The van der Waals surface area contributed by atoms with Gasteiger partial charge < -0.3 is 10.2 Å². The molecule has 82 valence electrons. The van der Waals surface area contributed by atoms with Crippen LogP contribution in [0.4, 0.5) is 0 Å². The minimum Gasteiger partial charge on any atom is -0.507 e. The summed E-state index contributed by atoms with van der Waals surface area (Å²) in [7, 11) is 0. The second-order valence-corrected chi connectivity index (χ2v) is 4.44. The lowest BCUT2D eigenvalue weighted by molar-refractivity contribution is 0.468. The van der Waals surface area contributed by atoms with Crippen LogP contribution in [0, 0.1) is 0 Å². The van der Waals surface area contributed by atoms with Crippen molar-refractivity contribution in [2.24, 2.45) is 0 Å². The highest BCUT2D eigenvalue weighted by atomic mass is 32.1. The summed E-state index contributed by atoms with van der Waals surface area (Å²) in [6.45, 7) is 0. The Bertz CT molecular complexity index is 489. The third-order valence-electron chi connectivity index (χ3n) is 2.25. The molecule has 2 rings (SSSR count). The number of phenolic OH excluding ortho intramolecular Hbond substituents is 2. The van der Waals surface area contributed by atoms with E-state index in [1.807, 2.05) is 0 Å². The molecular formula is C12H10O2S2. The van der Waals surface area contributed by atoms with Gasteiger partial charge in [0.05, 0.1) is 0 Å². The highest BCUT2D eigenvalue weighted by Gasteiger charge is 2.09. The Morgan fingerprint density at radius 3 is 1.44 bits per heavy atom. The summed E-state index contributed by atoms with van der Waals surface area (Å²) >= 11 is 8.40. The van der Waals surface area contributed by atoms with Crippen LogP contribution < -0.4 is 0 Å². The normalized spacial score (nSPS) is 10.4. The first-order valence-electron chi connectivity index (χ1n) is 4.62. The first-order valence-corrected chi connectivity index (χ1v) is 5.51. The van der Waals surface area contributed by atoms with Crippen LogP contribution in [-0.4, -0.2) is 10.2 Å². The van der Waals surface area contributed by atoms with E-state index in [-0.39, 0.29) is 11.5 Å². The van der Waals surface area contributed by atoms with Gasteiger partial charge in [0.2, 0.25) is 0 Å². The molecule has 0 unspecified atom stereocenters. The molecular weight excluding hydrogens is 240 g/mol. The summed E-state index contributed by atoms with van der Waals surface area (Å²) in [4.78, 5) is 1.44. The fourth-order valence-corrected chi connectivity index (χ4v) is 1.89. The Hall–Kier alpha value is -1.26. The van der Waals surface area contributed by atoms with Gasteiger partial charge in [-0.05, 0) is 36.4 Å². The molecule has 0 bridgehead atoms. The molecule has 0 aliphatic rings. The minimum absolute atomic E-state index is 0.104. The summed E-state index contributed by atoms with van der Waals surface area (Å²) in [5, 5.41) is 19.5. The van der Waals surface area contributed by atoms with Crippen molar-refractivity contribution in [3.63, 3.8) is 0 Å². The van der Waals surface area contributed by atoms with Crippen LogP contribution in [0.2, 0.25) is 0 Å². The molecule has 0 aliphatic heterocycles. The van der Waals surface area contributed by atoms with Crippen molar-refractivity contribution in [2.75, 3.05) is 0 Å². The van der Waals surface area contributed by atoms with Gasteiger partial charge in [-0.1, -0.05) is 0 Å². The summed E-state index contributed by atoms with van der Waals surface area (Å²) in [5.74, 6) is 0.207. The maximum Gasteiger partial charge on any atom is 0.123 e. The predicted molar refractivity (Wildman–Crippen MR) is 69.7 cm³/mol. The van der Waals surface area contributed by atoms with Crippen LogP contribution in [-0.2, 0) is 0 Å². The number of thiol groups is 2. The van der Waals surface area contributed by atoms with E-state index in [9.17, 15) is 10.2 Å². The van der Waals surface area contributed by atoms with Gasteiger partial charge in [0, 0.05) is 20.9 Å². The van der Waals surface area contributed by atoms with E-state index in [0.717, 1.165) is 9.79 Å². The van der Waals surface area contributed by atoms with Crippen LogP contribution in [0.1, 0.15) is 0 Å². The third kappa shape index (κ3) is 2.13. The molecule has 0 amide bonds. The van der Waals surface area contributed by atoms with Crippen molar-refractivity contribution in [1.29, 1.82) is 0 Å². The van der Waals surface area contributed by atoms with Crippen LogP contribution in [0.25, 0.3) is 11.1 Å². The Morgan fingerprint density at radius 1 is 0.688 bits per heavy atom. The van der Waals surface area contributed by atoms with Crippen LogP contribution in [0.5, 0.6) is 11.5 Å². The Kier molecular flexibility index (Phi) is 3.03. The van der Waals surface area contributed by atoms with E-state index in [1.165, 1.54) is 0 Å². The van der Waals surface area contributed by atoms with Crippen LogP contribution >= 0.6 is 25.3 Å². The lowest BCUT2D eigenvalue weighted by atomic mass is 10.0. The zero-order valence-corrected chi connectivity index (χ0v) is 10.0. The van der Waals surface area contributed by atoms with Gasteiger partial charge >= 0.3 is 0 Å². The monoisotopic (exact) mass is 250 g/mol. The zero-order valence-electron chi connectivity index (χ0n) is 8.25. The van der Waals surface area contributed by atoms with E-state index in [1.54, 1.807) is 36.4 Å². The average molecular weight is 250 g/mol. The van der Waals surface area contributed by atoms with Gasteiger partial charge in [0.25, 0.3) is 0 Å². The van der Waals surface area contributed by atoms with E-state index in [0.29, 0.717) is 11.1 Å². The van der Waals surface area contributed by atoms with Crippen LogP contribution in [0.15, 0.2) is 46.2 Å². The Morgan fingerprint density at radius 2 is 1.06 bits per heavy atom. The molecule has 0 aromatic heterocycles. The van der Waals surface area contributed by atoms with E-state index in [2.05, 4.69) is 25.3 Å². The third-order valence-corrected chi connectivity index (χ3v) is 2.81. The molecule has 4 heteroatoms. The molecule has 0 fully saturated rings. The van der Waals surface area contributed by atoms with Gasteiger partial charge in [0.15, 0.2) is 0 Å². The number of rotatable bonds is 1. The SMILES string of the molecule is Oc1ccc(S)cc1-c1cc(S)ccc1O. The van der Waals surface area contributed by atoms with E-state index in [4.69, 9.17) is 0 Å². The first-order chi connectivity index (χ1) is 7.58. The Balaban J connectivity index is 2.66. The quantitative estimate of drug-likeness (QED) is 0.586. The number of aromatic hydroxyl groups is 2. The molecule has 0 atom stereocenters. The van der Waals surface area contributed by atoms with Crippen molar-refractivity contribution in [2.45, 2.75) is 9.79 Å². The molecule has 2 aromatic rings. The summed E-state index contributed by atoms with van der Waals surface area (Å²) in [5.41, 5.74) is 1.09. The van der Waals surface area contributed by atoms with Gasteiger partial charge in [-0.25, -0.2) is 0 Å². The van der Waals surface area contributed by atoms with Gasteiger partial charge in [-0.15, -0.1) is 25.3 Å². The minimum atomic E-state index is 0.104. The molecule has 2 nitrogen and oxygen atoms in total. The second-order valence-electron chi connectivity index (χ2n) is 3.40. The fraction of sp³-hybridized carbons (Fsp3) is 0. The number of hydrogen-bond donors (Lipinski definition) is 4. The van der Waals surface area contributed by atoms with Crippen molar-refractivity contribution in [3.8, 4) is 22.6 Å². The molecule has 0 saturated heterocycles. The average Bonchev–Trinajstić information content (AvgIpc) is 2.25. The lowest BCUT2D eigenvalue weighted by Crippen LogP contribution is -1.81. The molecule has 16 heavy (non-hydrogen) atoms. The van der Waals surface area contributed by atoms with Crippen molar-refractivity contribution in [3.05, 3.63) is 36.4 Å². The second kappa shape index (κ2) is 4.31. The van der Waals surface area contributed by atoms with Crippen molar-refractivity contribution in [1.82, 2.24) is 0 Å². The highest BCUT2D eigenvalue weighted by molar-refractivity contribution is 7.80. The van der Waals surface area contributed by atoms with E-state index >= 15 is 0 Å². The topological polar surface area (TPSA) is 40.5 Å². The Labute approximate surface area is 104 Å². The number of phenols is 2. The fourth-order valence-electron chi connectivity index (χ4n) is 1.48. The molecule has 0 radical (unpaired) electrons. The van der Waals surface area contributed by atoms with Crippen LogP contribution in [0.3, 0.4) is 0 Å². The number of hydrogen-bond acceptors (Lipinski definition) is 4. The highest BCUT2D eigenvalue weighted by Crippen LogP contribution is 2.37. The maximum atomic E-state index is 9.73. The standard InChI is InChI=1S/C12H10O2S2/c13-11-3-1-7(15)5-9(11)10-6-8(16)2-4-12(10)14/h1-6,13-16H. The van der Waals surface area contributed by atoms with Crippen molar-refractivity contribution < 1.29 is 10.2 Å². The lowest BCUT2D eigenvalue weighted by Gasteiger charge is -2.08. The van der Waals surface area contributed by atoms with Gasteiger partial charge in [-0.2, -0.15) is 0 Å². The molecule has 0 heterocycles. The van der Waals surface area contributed by atoms with Crippen molar-refractivity contribution >= 4 is 25.3 Å². The van der Waals surface area contributed by atoms with E-state index < -0.39 is 0 Å². The summed E-state index contributed by atoms with van der Waals surface area (Å²) < 4.78 is 0. The zero-order chi connectivity index (χ0) is 11.7. The predicted octanol–water partition coefficient (Wildman–Crippen LogP) is 3.34. The molecule has 0 spiro atoms. The molecule has 2 N–H and O–H groups in total. The van der Waals surface area contributed by atoms with Gasteiger partial charge in [0.1, 0.15) is 11.5 Å². The smallest absolute Gasteiger partial charge is 0.123 e. The summed E-state index contributed by atoms with van der Waals surface area (Å²) in [6.07, 6.45) is 0.